The van der Waals surface area contributed by atoms with Crippen LogP contribution in [0.5, 0.6) is 5.75 Å². The van der Waals surface area contributed by atoms with Crippen molar-refractivity contribution >= 4 is 11.4 Å². The van der Waals surface area contributed by atoms with Crippen LogP contribution in [0, 0.1) is 11.3 Å². The first-order chi connectivity index (χ1) is 16.0. The maximum Gasteiger partial charge on any atom is 0.128 e. The standard InChI is InChI=1S/C29H34N2O2/c1-29(2)18-26-25(27(32)19-29)20-30(22-10-6-4-7-11-22)28(21-14-16-24(33-3)17-15-21)31(26)23-12-8-5-9-13-23/h4-17,25-28,32H,18-20H2,1-3H3. The van der Waals surface area contributed by atoms with Crippen LogP contribution >= 0.6 is 0 Å². The minimum atomic E-state index is -0.326. The van der Waals surface area contributed by atoms with E-state index in [9.17, 15) is 5.11 Å². The van der Waals surface area contributed by atoms with Crippen molar-refractivity contribution in [3.63, 3.8) is 0 Å². The monoisotopic (exact) mass is 442 g/mol. The van der Waals surface area contributed by atoms with E-state index in [1.54, 1.807) is 7.11 Å². The zero-order valence-electron chi connectivity index (χ0n) is 19.8. The highest BCUT2D eigenvalue weighted by molar-refractivity contribution is 5.59. The molecule has 4 atom stereocenters. The lowest BCUT2D eigenvalue weighted by molar-refractivity contribution is -0.00719. The van der Waals surface area contributed by atoms with Crippen molar-refractivity contribution < 1.29 is 9.84 Å². The molecule has 1 heterocycles. The summed E-state index contributed by atoms with van der Waals surface area (Å²) in [5.74, 6) is 1.03. The van der Waals surface area contributed by atoms with Gasteiger partial charge >= 0.3 is 0 Å². The Labute approximate surface area is 197 Å². The molecule has 0 bridgehead atoms. The summed E-state index contributed by atoms with van der Waals surface area (Å²) in [6, 6.07) is 30.0. The zero-order chi connectivity index (χ0) is 23.0. The van der Waals surface area contributed by atoms with Gasteiger partial charge in [-0.25, -0.2) is 0 Å². The fourth-order valence-electron chi connectivity index (χ4n) is 5.90. The van der Waals surface area contributed by atoms with E-state index in [0.29, 0.717) is 0 Å². The van der Waals surface area contributed by atoms with Crippen LogP contribution in [0.4, 0.5) is 11.4 Å². The highest BCUT2D eigenvalue weighted by Crippen LogP contribution is 2.49. The lowest BCUT2D eigenvalue weighted by atomic mass is 9.66. The minimum absolute atomic E-state index is 0.0167. The number of benzene rings is 3. The van der Waals surface area contributed by atoms with Crippen LogP contribution in [-0.4, -0.2) is 30.9 Å². The molecule has 5 rings (SSSR count). The average molecular weight is 443 g/mol. The first kappa shape index (κ1) is 21.8. The molecule has 2 aliphatic rings. The van der Waals surface area contributed by atoms with Gasteiger partial charge in [-0.05, 0) is 60.2 Å². The van der Waals surface area contributed by atoms with Gasteiger partial charge in [0.05, 0.1) is 13.2 Å². The van der Waals surface area contributed by atoms with Crippen molar-refractivity contribution in [1.29, 1.82) is 0 Å². The maximum absolute atomic E-state index is 11.3. The number of anilines is 2. The van der Waals surface area contributed by atoms with Gasteiger partial charge in [0.15, 0.2) is 0 Å². The molecule has 3 aromatic rings. The van der Waals surface area contributed by atoms with Gasteiger partial charge in [-0.1, -0.05) is 62.4 Å². The number of rotatable bonds is 4. The van der Waals surface area contributed by atoms with Gasteiger partial charge in [0.1, 0.15) is 11.9 Å². The van der Waals surface area contributed by atoms with E-state index < -0.39 is 0 Å². The molecule has 0 aromatic heterocycles. The first-order valence-electron chi connectivity index (χ1n) is 11.9. The highest BCUT2D eigenvalue weighted by Gasteiger charge is 2.50. The summed E-state index contributed by atoms with van der Waals surface area (Å²) in [4.78, 5) is 5.03. The molecule has 4 nitrogen and oxygen atoms in total. The van der Waals surface area contributed by atoms with Crippen molar-refractivity contribution in [2.75, 3.05) is 23.5 Å². The topological polar surface area (TPSA) is 35.9 Å². The lowest BCUT2D eigenvalue weighted by Crippen LogP contribution is -2.63. The molecule has 1 aliphatic heterocycles. The predicted octanol–water partition coefficient (Wildman–Crippen LogP) is 5.89. The number of ether oxygens (including phenoxy) is 1. The minimum Gasteiger partial charge on any atom is -0.497 e. The Bertz CT molecular complexity index is 1050. The second kappa shape index (κ2) is 8.75. The third kappa shape index (κ3) is 4.20. The van der Waals surface area contributed by atoms with Crippen LogP contribution in [0.3, 0.4) is 0 Å². The van der Waals surface area contributed by atoms with Gasteiger partial charge in [-0.2, -0.15) is 0 Å². The molecular formula is C29H34N2O2. The van der Waals surface area contributed by atoms with E-state index >= 15 is 0 Å². The molecule has 0 radical (unpaired) electrons. The number of methoxy groups -OCH3 is 1. The number of nitrogens with zero attached hydrogens (tertiary/aromatic N) is 2. The fraction of sp³-hybridized carbons (Fsp3) is 0.379. The Morgan fingerprint density at radius 1 is 0.818 bits per heavy atom. The largest absolute Gasteiger partial charge is 0.497 e. The quantitative estimate of drug-likeness (QED) is 0.547. The molecule has 33 heavy (non-hydrogen) atoms. The molecule has 4 heteroatoms. The summed E-state index contributed by atoms with van der Waals surface area (Å²) in [5.41, 5.74) is 3.68. The van der Waals surface area contributed by atoms with E-state index in [1.165, 1.54) is 16.9 Å². The van der Waals surface area contributed by atoms with E-state index in [1.807, 2.05) is 12.1 Å². The van der Waals surface area contributed by atoms with Crippen LogP contribution in [0.15, 0.2) is 84.9 Å². The molecule has 1 aliphatic carbocycles. The van der Waals surface area contributed by atoms with E-state index in [2.05, 4.69) is 96.4 Å². The molecule has 4 unspecified atom stereocenters. The van der Waals surface area contributed by atoms with Gasteiger partial charge in [0.2, 0.25) is 0 Å². The van der Waals surface area contributed by atoms with Crippen molar-refractivity contribution in [2.45, 2.75) is 45.0 Å². The van der Waals surface area contributed by atoms with Crippen LogP contribution in [0.25, 0.3) is 0 Å². The Morgan fingerprint density at radius 2 is 1.42 bits per heavy atom. The number of hydrogen-bond acceptors (Lipinski definition) is 4. The number of aliphatic hydroxyl groups excluding tert-OH is 1. The van der Waals surface area contributed by atoms with Crippen molar-refractivity contribution in [3.8, 4) is 5.75 Å². The molecule has 1 saturated heterocycles. The van der Waals surface area contributed by atoms with Crippen molar-refractivity contribution in [3.05, 3.63) is 90.5 Å². The van der Waals surface area contributed by atoms with Crippen LogP contribution < -0.4 is 14.5 Å². The summed E-state index contributed by atoms with van der Waals surface area (Å²) in [6.07, 6.45) is 1.59. The lowest BCUT2D eigenvalue weighted by Gasteiger charge is -2.59. The first-order valence-corrected chi connectivity index (χ1v) is 11.9. The van der Waals surface area contributed by atoms with Crippen LogP contribution in [0.1, 0.15) is 38.4 Å². The summed E-state index contributed by atoms with van der Waals surface area (Å²) < 4.78 is 5.45. The molecule has 0 amide bonds. The zero-order valence-corrected chi connectivity index (χ0v) is 19.8. The molecular weight excluding hydrogens is 408 g/mol. The number of aliphatic hydroxyl groups is 1. The van der Waals surface area contributed by atoms with Gasteiger partial charge in [0, 0.05) is 29.9 Å². The second-order valence-corrected chi connectivity index (χ2v) is 10.2. The molecule has 2 fully saturated rings. The summed E-state index contributed by atoms with van der Waals surface area (Å²) in [6.45, 7) is 5.41. The van der Waals surface area contributed by atoms with Crippen molar-refractivity contribution in [2.24, 2.45) is 11.3 Å². The van der Waals surface area contributed by atoms with Gasteiger partial charge in [0.25, 0.3) is 0 Å². The van der Waals surface area contributed by atoms with E-state index in [4.69, 9.17) is 4.74 Å². The third-order valence-electron chi connectivity index (χ3n) is 7.39. The van der Waals surface area contributed by atoms with Crippen molar-refractivity contribution in [1.82, 2.24) is 0 Å². The fourth-order valence-corrected chi connectivity index (χ4v) is 5.90. The summed E-state index contributed by atoms with van der Waals surface area (Å²) >= 11 is 0. The van der Waals surface area contributed by atoms with E-state index in [-0.39, 0.29) is 29.6 Å². The number of fused-ring (bicyclic) bond motifs is 1. The van der Waals surface area contributed by atoms with Crippen LogP contribution in [0.2, 0.25) is 0 Å². The normalized spacial score (nSPS) is 26.5. The number of hydrogen-bond donors (Lipinski definition) is 1. The Kier molecular flexibility index (Phi) is 5.79. The molecule has 0 spiro atoms. The van der Waals surface area contributed by atoms with Crippen LogP contribution in [-0.2, 0) is 0 Å². The SMILES string of the molecule is COc1ccc(C2N(c3ccccc3)CC3C(O)CC(C)(C)CC3N2c2ccccc2)cc1. The third-order valence-corrected chi connectivity index (χ3v) is 7.39. The Morgan fingerprint density at radius 3 is 2.03 bits per heavy atom. The Balaban J connectivity index is 1.68. The maximum atomic E-state index is 11.3. The molecule has 1 saturated carbocycles. The summed E-state index contributed by atoms with van der Waals surface area (Å²) in [5, 5.41) is 11.3. The van der Waals surface area contributed by atoms with Gasteiger partial charge in [-0.3, -0.25) is 0 Å². The molecule has 3 aromatic carbocycles. The Hall–Kier alpha value is -2.98. The summed E-state index contributed by atoms with van der Waals surface area (Å²) in [7, 11) is 1.71. The van der Waals surface area contributed by atoms with E-state index in [0.717, 1.165) is 25.1 Å². The van der Waals surface area contributed by atoms with Gasteiger partial charge < -0.3 is 19.6 Å². The molecule has 172 valence electrons. The smallest absolute Gasteiger partial charge is 0.128 e. The number of para-hydroxylation sites is 2. The molecule has 1 N–H and O–H groups in total. The highest BCUT2D eigenvalue weighted by atomic mass is 16.5. The second-order valence-electron chi connectivity index (χ2n) is 10.2. The van der Waals surface area contributed by atoms with Gasteiger partial charge in [-0.15, -0.1) is 0 Å². The predicted molar refractivity (Wildman–Crippen MR) is 135 cm³/mol. The average Bonchev–Trinajstić information content (AvgIpc) is 2.83.